The number of carbonyl (C=O) groups excluding carboxylic acids is 1. The van der Waals surface area contributed by atoms with E-state index < -0.39 is 28.4 Å². The first-order chi connectivity index (χ1) is 13.7. The second kappa shape index (κ2) is 8.51. The maximum Gasteiger partial charge on any atom is 0.319 e. The van der Waals surface area contributed by atoms with Gasteiger partial charge in [0.2, 0.25) is 0 Å². The molecule has 0 amide bonds. The molecule has 1 aromatic heterocycles. The van der Waals surface area contributed by atoms with E-state index in [0.717, 1.165) is 11.8 Å². The highest BCUT2D eigenvalue weighted by Gasteiger charge is 2.40. The van der Waals surface area contributed by atoms with Gasteiger partial charge in [-0.3, -0.25) is 14.8 Å². The van der Waals surface area contributed by atoms with Crippen molar-refractivity contribution in [3.8, 4) is 0 Å². The summed E-state index contributed by atoms with van der Waals surface area (Å²) in [6.45, 7) is 1.68. The van der Waals surface area contributed by atoms with Gasteiger partial charge in [0.05, 0.1) is 23.4 Å². The smallest absolute Gasteiger partial charge is 0.319 e. The molecule has 0 bridgehead atoms. The predicted octanol–water partition coefficient (Wildman–Crippen LogP) is 4.55. The van der Waals surface area contributed by atoms with Crippen molar-refractivity contribution in [2.45, 2.75) is 24.1 Å². The lowest BCUT2D eigenvalue weighted by atomic mass is 9.86. The third kappa shape index (κ3) is 4.76. The number of nitrogens with zero attached hydrogens (tertiary/aromatic N) is 2. The molecule has 0 saturated heterocycles. The maximum absolute atomic E-state index is 14.7. The summed E-state index contributed by atoms with van der Waals surface area (Å²) in [5.41, 5.74) is 5.51. The standard InChI is InChI=1S/C20H18ClF2N3O2S/c1-20(9-17(18(27)28-2)29-19(24)26-20)13-7-11(3-5-14(13)22)8-15(23)16-6-4-12(21)10-25-16/h3-8,10,17H,9H2,1-2H3,(H2,24,26)/b15-8-/t17-,20-/m0/s1. The van der Waals surface area contributed by atoms with Gasteiger partial charge < -0.3 is 10.5 Å². The normalized spacial score (nSPS) is 22.2. The monoisotopic (exact) mass is 437 g/mol. The Kier molecular flexibility index (Phi) is 6.24. The molecule has 2 atom stereocenters. The third-order valence-corrected chi connectivity index (χ3v) is 5.70. The fraction of sp³-hybridized carbons (Fsp3) is 0.250. The van der Waals surface area contributed by atoms with Crippen molar-refractivity contribution in [3.05, 3.63) is 64.2 Å². The van der Waals surface area contributed by atoms with Gasteiger partial charge >= 0.3 is 5.97 Å². The first-order valence-electron chi connectivity index (χ1n) is 8.61. The summed E-state index contributed by atoms with van der Waals surface area (Å²) in [5, 5.41) is -0.0635. The van der Waals surface area contributed by atoms with Crippen LogP contribution in [-0.2, 0) is 15.1 Å². The van der Waals surface area contributed by atoms with Crippen LogP contribution >= 0.6 is 23.4 Å². The lowest BCUT2D eigenvalue weighted by molar-refractivity contribution is -0.140. The van der Waals surface area contributed by atoms with Gasteiger partial charge in [-0.1, -0.05) is 29.4 Å². The second-order valence-electron chi connectivity index (χ2n) is 6.65. The molecule has 3 rings (SSSR count). The van der Waals surface area contributed by atoms with Crippen LogP contribution in [0.1, 0.15) is 30.2 Å². The van der Waals surface area contributed by atoms with Gasteiger partial charge in [-0.15, -0.1) is 0 Å². The topological polar surface area (TPSA) is 77.6 Å². The van der Waals surface area contributed by atoms with E-state index in [0.29, 0.717) is 10.6 Å². The van der Waals surface area contributed by atoms with E-state index in [2.05, 4.69) is 9.98 Å². The number of methoxy groups -OCH3 is 1. The number of hydrogen-bond donors (Lipinski definition) is 1. The molecule has 2 N–H and O–H groups in total. The van der Waals surface area contributed by atoms with Crippen molar-refractivity contribution in [1.82, 2.24) is 4.98 Å². The molecule has 29 heavy (non-hydrogen) atoms. The fourth-order valence-electron chi connectivity index (χ4n) is 3.08. The molecular formula is C20H18ClF2N3O2S. The number of rotatable bonds is 4. The minimum atomic E-state index is -1.10. The number of pyridine rings is 1. The van der Waals surface area contributed by atoms with Gasteiger partial charge in [0.1, 0.15) is 16.9 Å². The summed E-state index contributed by atoms with van der Waals surface area (Å²) >= 11 is 6.84. The summed E-state index contributed by atoms with van der Waals surface area (Å²) in [4.78, 5) is 20.3. The molecule has 0 fully saturated rings. The van der Waals surface area contributed by atoms with Crippen molar-refractivity contribution < 1.29 is 18.3 Å². The average molecular weight is 438 g/mol. The molecule has 9 heteroatoms. The zero-order valence-electron chi connectivity index (χ0n) is 15.7. The van der Waals surface area contributed by atoms with Gasteiger partial charge in [-0.2, -0.15) is 0 Å². The lowest BCUT2D eigenvalue weighted by Gasteiger charge is -2.33. The third-order valence-electron chi connectivity index (χ3n) is 4.50. The molecule has 1 aliphatic heterocycles. The number of aliphatic imine (C=N–C) groups is 1. The highest BCUT2D eigenvalue weighted by atomic mass is 35.5. The number of nitrogens with two attached hydrogens (primary N) is 1. The van der Waals surface area contributed by atoms with E-state index in [4.69, 9.17) is 22.1 Å². The molecule has 0 unspecified atom stereocenters. The maximum atomic E-state index is 14.7. The van der Waals surface area contributed by atoms with Crippen LogP contribution in [0.2, 0.25) is 5.02 Å². The van der Waals surface area contributed by atoms with E-state index in [1.807, 2.05) is 0 Å². The molecular weight excluding hydrogens is 420 g/mol. The number of benzene rings is 1. The van der Waals surface area contributed by atoms with Gasteiger partial charge in [-0.05, 0) is 49.2 Å². The van der Waals surface area contributed by atoms with Crippen molar-refractivity contribution >= 4 is 46.4 Å². The van der Waals surface area contributed by atoms with Crippen molar-refractivity contribution in [3.63, 3.8) is 0 Å². The minimum Gasteiger partial charge on any atom is -0.468 e. The first-order valence-corrected chi connectivity index (χ1v) is 9.86. The molecule has 2 aromatic rings. The van der Waals surface area contributed by atoms with Crippen LogP contribution in [-0.4, -0.2) is 28.5 Å². The summed E-state index contributed by atoms with van der Waals surface area (Å²) in [6, 6.07) is 7.14. The Hall–Kier alpha value is -2.45. The molecule has 0 radical (unpaired) electrons. The number of hydrogen-bond acceptors (Lipinski definition) is 6. The number of amidine groups is 1. The summed E-state index contributed by atoms with van der Waals surface area (Å²) < 4.78 is 34.0. The van der Waals surface area contributed by atoms with E-state index in [1.165, 1.54) is 49.7 Å². The molecule has 5 nitrogen and oxygen atoms in total. The number of aromatic nitrogens is 1. The van der Waals surface area contributed by atoms with Crippen LogP contribution in [0.3, 0.4) is 0 Å². The Labute approximate surface area is 176 Å². The van der Waals surface area contributed by atoms with Gasteiger partial charge in [0, 0.05) is 11.8 Å². The Morgan fingerprint density at radius 2 is 2.17 bits per heavy atom. The average Bonchev–Trinajstić information content (AvgIpc) is 2.68. The van der Waals surface area contributed by atoms with Gasteiger partial charge in [0.15, 0.2) is 5.17 Å². The van der Waals surface area contributed by atoms with Crippen molar-refractivity contribution in [2.24, 2.45) is 10.7 Å². The fourth-order valence-corrected chi connectivity index (χ4v) is 4.34. The Bertz CT molecular complexity index is 998. The number of halogens is 3. The number of esters is 1. The molecule has 0 saturated carbocycles. The quantitative estimate of drug-likeness (QED) is 0.710. The highest BCUT2D eigenvalue weighted by Crippen LogP contribution is 2.40. The van der Waals surface area contributed by atoms with E-state index in [-0.39, 0.29) is 22.8 Å². The molecule has 0 spiro atoms. The molecule has 0 aliphatic carbocycles. The zero-order chi connectivity index (χ0) is 21.2. The summed E-state index contributed by atoms with van der Waals surface area (Å²) in [5.74, 6) is -1.59. The van der Waals surface area contributed by atoms with Crippen molar-refractivity contribution in [2.75, 3.05) is 7.11 Å². The number of ether oxygens (including phenoxy) is 1. The van der Waals surface area contributed by atoms with E-state index in [1.54, 1.807) is 6.92 Å². The lowest BCUT2D eigenvalue weighted by Crippen LogP contribution is -2.38. The van der Waals surface area contributed by atoms with Gasteiger partial charge in [0.25, 0.3) is 0 Å². The minimum absolute atomic E-state index is 0.105. The van der Waals surface area contributed by atoms with Crippen LogP contribution in [0.5, 0.6) is 0 Å². The highest BCUT2D eigenvalue weighted by molar-refractivity contribution is 8.14. The van der Waals surface area contributed by atoms with Crippen LogP contribution < -0.4 is 5.73 Å². The largest absolute Gasteiger partial charge is 0.468 e. The summed E-state index contributed by atoms with van der Waals surface area (Å²) in [7, 11) is 1.28. The van der Waals surface area contributed by atoms with Crippen molar-refractivity contribution in [1.29, 1.82) is 0 Å². The number of carbonyl (C=O) groups is 1. The van der Waals surface area contributed by atoms with E-state index in [9.17, 15) is 13.6 Å². The van der Waals surface area contributed by atoms with E-state index >= 15 is 0 Å². The predicted molar refractivity (Wildman–Crippen MR) is 112 cm³/mol. The van der Waals surface area contributed by atoms with Crippen LogP contribution in [0, 0.1) is 5.82 Å². The van der Waals surface area contributed by atoms with Crippen LogP contribution in [0.4, 0.5) is 8.78 Å². The molecule has 2 heterocycles. The van der Waals surface area contributed by atoms with Gasteiger partial charge in [-0.25, -0.2) is 8.78 Å². The molecule has 152 valence electrons. The molecule has 1 aromatic carbocycles. The van der Waals surface area contributed by atoms with Crippen LogP contribution in [0.15, 0.2) is 41.5 Å². The zero-order valence-corrected chi connectivity index (χ0v) is 17.2. The Balaban J connectivity index is 1.98. The van der Waals surface area contributed by atoms with Crippen LogP contribution in [0.25, 0.3) is 11.9 Å². The first kappa shape index (κ1) is 21.3. The Morgan fingerprint density at radius 3 is 2.83 bits per heavy atom. The molecule has 1 aliphatic rings. The summed E-state index contributed by atoms with van der Waals surface area (Å²) in [6.07, 6.45) is 2.77. The SMILES string of the molecule is COC(=O)[C@@H]1C[C@@](C)(c2cc(/C=C(\F)c3ccc(Cl)cn3)ccc2F)N=C(N)S1. The number of thioether (sulfide) groups is 1. The Morgan fingerprint density at radius 1 is 1.41 bits per heavy atom. The second-order valence-corrected chi connectivity index (χ2v) is 8.31.